The molecule has 4 heteroatoms. The molecule has 2 rings (SSSR count). The Balaban J connectivity index is 1.91. The van der Waals surface area contributed by atoms with Gasteiger partial charge in [0.1, 0.15) is 0 Å². The zero-order valence-electron chi connectivity index (χ0n) is 12.7. The Labute approximate surface area is 124 Å². The van der Waals surface area contributed by atoms with E-state index in [0.717, 1.165) is 6.42 Å². The molecule has 1 aliphatic rings. The lowest BCUT2D eigenvalue weighted by Crippen LogP contribution is -2.37. The van der Waals surface area contributed by atoms with Crippen LogP contribution < -0.4 is 5.73 Å². The Morgan fingerprint density at radius 2 is 1.57 bits per heavy atom. The first-order valence-corrected chi connectivity index (χ1v) is 7.65. The summed E-state index contributed by atoms with van der Waals surface area (Å²) in [4.78, 5) is 0. The summed E-state index contributed by atoms with van der Waals surface area (Å²) in [6, 6.07) is 6.31. The van der Waals surface area contributed by atoms with E-state index < -0.39 is 12.1 Å². The molecule has 0 spiro atoms. The lowest BCUT2D eigenvalue weighted by molar-refractivity contribution is -0.184. The number of hydrogen-bond acceptors (Lipinski definition) is 1. The predicted molar refractivity (Wildman–Crippen MR) is 79.1 cm³/mol. The first-order chi connectivity index (χ1) is 9.75. The smallest absolute Gasteiger partial charge is 0.327 e. The van der Waals surface area contributed by atoms with Gasteiger partial charge in [-0.25, -0.2) is 0 Å². The molecule has 0 amide bonds. The minimum absolute atomic E-state index is 0.0413. The molecule has 0 aromatic heterocycles. The number of hydrogen-bond donors (Lipinski definition) is 1. The van der Waals surface area contributed by atoms with Crippen LogP contribution in [0.2, 0.25) is 0 Å². The van der Waals surface area contributed by atoms with Crippen molar-refractivity contribution < 1.29 is 13.2 Å². The van der Waals surface area contributed by atoms with Crippen LogP contribution in [-0.2, 0) is 6.42 Å². The van der Waals surface area contributed by atoms with Gasteiger partial charge in [-0.15, -0.1) is 0 Å². The van der Waals surface area contributed by atoms with Crippen molar-refractivity contribution in [3.05, 3.63) is 34.9 Å². The molecule has 0 saturated heterocycles. The summed E-state index contributed by atoms with van der Waals surface area (Å²) in [6.07, 6.45) is -1.64. The summed E-state index contributed by atoms with van der Waals surface area (Å²) in [7, 11) is 0. The quantitative estimate of drug-likeness (QED) is 0.871. The van der Waals surface area contributed by atoms with Crippen molar-refractivity contribution >= 4 is 0 Å². The number of halogens is 3. The Morgan fingerprint density at radius 3 is 2.05 bits per heavy atom. The van der Waals surface area contributed by atoms with Gasteiger partial charge in [-0.05, 0) is 57.4 Å². The fourth-order valence-corrected chi connectivity index (χ4v) is 3.50. The summed E-state index contributed by atoms with van der Waals surface area (Å²) >= 11 is 0. The highest BCUT2D eigenvalue weighted by atomic mass is 19.4. The molecule has 118 valence electrons. The molecule has 2 N–H and O–H groups in total. The summed E-state index contributed by atoms with van der Waals surface area (Å²) in [6.45, 7) is 4.10. The second kappa shape index (κ2) is 6.39. The third-order valence-electron chi connectivity index (χ3n) is 4.59. The van der Waals surface area contributed by atoms with Crippen LogP contribution in [0.5, 0.6) is 0 Å². The summed E-state index contributed by atoms with van der Waals surface area (Å²) < 4.78 is 38.0. The van der Waals surface area contributed by atoms with Crippen molar-refractivity contribution in [2.24, 2.45) is 17.6 Å². The van der Waals surface area contributed by atoms with Gasteiger partial charge in [0.05, 0.1) is 5.92 Å². The molecule has 0 aliphatic heterocycles. The van der Waals surface area contributed by atoms with E-state index in [2.05, 4.69) is 32.0 Å². The molecule has 0 heterocycles. The van der Waals surface area contributed by atoms with Crippen LogP contribution in [0.15, 0.2) is 18.2 Å². The van der Waals surface area contributed by atoms with Gasteiger partial charge in [-0.3, -0.25) is 0 Å². The van der Waals surface area contributed by atoms with E-state index in [0.29, 0.717) is 12.8 Å². The van der Waals surface area contributed by atoms with Crippen molar-refractivity contribution in [3.8, 4) is 0 Å². The van der Waals surface area contributed by atoms with E-state index in [1.165, 1.54) is 16.7 Å². The minimum Gasteiger partial charge on any atom is -0.327 e. The third-order valence-corrected chi connectivity index (χ3v) is 4.59. The van der Waals surface area contributed by atoms with E-state index >= 15 is 0 Å². The van der Waals surface area contributed by atoms with Gasteiger partial charge in [0, 0.05) is 6.04 Å². The van der Waals surface area contributed by atoms with Crippen molar-refractivity contribution in [2.45, 2.75) is 58.2 Å². The van der Waals surface area contributed by atoms with Crippen LogP contribution in [-0.4, -0.2) is 12.2 Å². The molecule has 0 bridgehead atoms. The summed E-state index contributed by atoms with van der Waals surface area (Å²) in [5.41, 5.74) is 9.86. The topological polar surface area (TPSA) is 26.0 Å². The zero-order chi connectivity index (χ0) is 15.6. The number of aryl methyl sites for hydroxylation is 2. The molecule has 1 aromatic rings. The lowest BCUT2D eigenvalue weighted by atomic mass is 9.77. The Kier molecular flexibility index (Phi) is 4.97. The van der Waals surface area contributed by atoms with Crippen LogP contribution in [0, 0.1) is 25.7 Å². The first-order valence-electron chi connectivity index (χ1n) is 7.65. The fraction of sp³-hybridized carbons (Fsp3) is 0.647. The van der Waals surface area contributed by atoms with Gasteiger partial charge < -0.3 is 5.73 Å². The zero-order valence-corrected chi connectivity index (χ0v) is 12.7. The monoisotopic (exact) mass is 299 g/mol. The highest BCUT2D eigenvalue weighted by Crippen LogP contribution is 2.40. The van der Waals surface area contributed by atoms with Crippen molar-refractivity contribution in [3.63, 3.8) is 0 Å². The maximum Gasteiger partial charge on any atom is 0.391 e. The van der Waals surface area contributed by atoms with Gasteiger partial charge in [0.2, 0.25) is 0 Å². The van der Waals surface area contributed by atoms with Crippen LogP contribution in [0.4, 0.5) is 13.2 Å². The number of rotatable bonds is 3. The molecule has 1 atom stereocenters. The SMILES string of the molecule is Cc1cc(C)cc(CC(N)C2CCC(C(F)(F)F)CC2)c1. The third kappa shape index (κ3) is 4.47. The van der Waals surface area contributed by atoms with Crippen LogP contribution in [0.25, 0.3) is 0 Å². The van der Waals surface area contributed by atoms with E-state index in [1.54, 1.807) is 0 Å². The molecule has 1 nitrogen and oxygen atoms in total. The predicted octanol–water partition coefficient (Wildman–Crippen LogP) is 4.54. The van der Waals surface area contributed by atoms with Crippen LogP contribution >= 0.6 is 0 Å². The van der Waals surface area contributed by atoms with Gasteiger partial charge in [-0.2, -0.15) is 13.2 Å². The second-order valence-corrected chi connectivity index (χ2v) is 6.52. The molecular formula is C17H24F3N. The average Bonchev–Trinajstić information content (AvgIpc) is 2.36. The van der Waals surface area contributed by atoms with Crippen LogP contribution in [0.3, 0.4) is 0 Å². The highest BCUT2D eigenvalue weighted by molar-refractivity contribution is 5.29. The van der Waals surface area contributed by atoms with Crippen molar-refractivity contribution in [1.82, 2.24) is 0 Å². The van der Waals surface area contributed by atoms with Gasteiger partial charge >= 0.3 is 6.18 Å². The molecule has 1 fully saturated rings. The molecular weight excluding hydrogens is 275 g/mol. The van der Waals surface area contributed by atoms with Gasteiger partial charge in [0.25, 0.3) is 0 Å². The van der Waals surface area contributed by atoms with Crippen molar-refractivity contribution in [1.29, 1.82) is 0 Å². The van der Waals surface area contributed by atoms with Crippen molar-refractivity contribution in [2.75, 3.05) is 0 Å². The van der Waals surface area contributed by atoms with E-state index in [-0.39, 0.29) is 24.8 Å². The highest BCUT2D eigenvalue weighted by Gasteiger charge is 2.42. The molecule has 1 aliphatic carbocycles. The Bertz CT molecular complexity index is 453. The average molecular weight is 299 g/mol. The standard InChI is InChI=1S/C17H24F3N/c1-11-7-12(2)9-13(8-11)10-16(21)14-3-5-15(6-4-14)17(18,19)20/h7-9,14-16H,3-6,10,21H2,1-2H3. The van der Waals surface area contributed by atoms with Crippen LogP contribution in [0.1, 0.15) is 42.4 Å². The number of benzene rings is 1. The molecule has 0 radical (unpaired) electrons. The fourth-order valence-electron chi connectivity index (χ4n) is 3.50. The number of nitrogens with two attached hydrogens (primary N) is 1. The normalized spacial score (nSPS) is 24.9. The van der Waals surface area contributed by atoms with Gasteiger partial charge in [0.15, 0.2) is 0 Å². The lowest BCUT2D eigenvalue weighted by Gasteiger charge is -2.33. The van der Waals surface area contributed by atoms with E-state index in [4.69, 9.17) is 5.73 Å². The molecule has 21 heavy (non-hydrogen) atoms. The molecule has 1 saturated carbocycles. The Morgan fingerprint density at radius 1 is 1.05 bits per heavy atom. The summed E-state index contributed by atoms with van der Waals surface area (Å²) in [5, 5.41) is 0. The van der Waals surface area contributed by atoms with E-state index in [1.807, 2.05) is 0 Å². The maximum atomic E-state index is 12.7. The largest absolute Gasteiger partial charge is 0.391 e. The maximum absolute atomic E-state index is 12.7. The molecule has 1 unspecified atom stereocenters. The first kappa shape index (κ1) is 16.3. The minimum atomic E-state index is -4.04. The van der Waals surface area contributed by atoms with E-state index in [9.17, 15) is 13.2 Å². The number of alkyl halides is 3. The Hall–Kier alpha value is -1.03. The molecule has 1 aromatic carbocycles. The summed E-state index contributed by atoms with van der Waals surface area (Å²) in [5.74, 6) is -0.911. The second-order valence-electron chi connectivity index (χ2n) is 6.52. The van der Waals surface area contributed by atoms with Gasteiger partial charge in [-0.1, -0.05) is 29.3 Å².